The first-order chi connectivity index (χ1) is 12.1. The zero-order valence-electron chi connectivity index (χ0n) is 15.6. The smallest absolute Gasteiger partial charge is 0.251 e. The quantitative estimate of drug-likeness (QED) is 0.828. The van der Waals surface area contributed by atoms with Crippen molar-refractivity contribution in [3.63, 3.8) is 0 Å². The predicted octanol–water partition coefficient (Wildman–Crippen LogP) is 1.95. The Morgan fingerprint density at radius 3 is 2.52 bits per heavy atom. The molecule has 0 aromatic heterocycles. The monoisotopic (exact) mass is 344 g/mol. The number of amides is 1. The lowest BCUT2D eigenvalue weighted by molar-refractivity contribution is 0.0951. The van der Waals surface area contributed by atoms with Crippen molar-refractivity contribution in [2.45, 2.75) is 32.7 Å². The van der Waals surface area contributed by atoms with Gasteiger partial charge in [0.25, 0.3) is 5.91 Å². The van der Waals surface area contributed by atoms with Crippen molar-refractivity contribution >= 4 is 11.6 Å². The van der Waals surface area contributed by atoms with Gasteiger partial charge in [0.15, 0.2) is 0 Å². The van der Waals surface area contributed by atoms with Crippen LogP contribution < -0.4 is 15.5 Å². The second-order valence-electron chi connectivity index (χ2n) is 7.57. The molecule has 5 nitrogen and oxygen atoms in total. The molecular formula is C20H32N4O. The lowest BCUT2D eigenvalue weighted by Crippen LogP contribution is -2.48. The molecule has 25 heavy (non-hydrogen) atoms. The number of piperazine rings is 1. The van der Waals surface area contributed by atoms with E-state index in [1.54, 1.807) is 0 Å². The molecule has 1 aromatic rings. The molecule has 1 atom stereocenters. The van der Waals surface area contributed by atoms with E-state index < -0.39 is 0 Å². The van der Waals surface area contributed by atoms with Gasteiger partial charge in [-0.1, -0.05) is 0 Å². The summed E-state index contributed by atoms with van der Waals surface area (Å²) in [5.74, 6) is 0.759. The van der Waals surface area contributed by atoms with Crippen molar-refractivity contribution in [3.05, 3.63) is 29.8 Å². The Balaban J connectivity index is 1.45. The molecule has 3 rings (SSSR count). The first kappa shape index (κ1) is 18.2. The fourth-order valence-electron chi connectivity index (χ4n) is 3.77. The summed E-state index contributed by atoms with van der Waals surface area (Å²) < 4.78 is 0. The fourth-order valence-corrected chi connectivity index (χ4v) is 3.77. The number of nitrogens with zero attached hydrogens (tertiary/aromatic N) is 2. The summed E-state index contributed by atoms with van der Waals surface area (Å²) in [6.07, 6.45) is 2.30. The molecule has 0 radical (unpaired) electrons. The van der Waals surface area contributed by atoms with Gasteiger partial charge in [0.05, 0.1) is 0 Å². The van der Waals surface area contributed by atoms with Gasteiger partial charge in [-0.3, -0.25) is 9.69 Å². The SMILES string of the molecule is CC(C)N1CCN(c2ccc(C(=O)NCCC3CCNC3)cc2)CC1. The molecule has 2 saturated heterocycles. The highest BCUT2D eigenvalue weighted by Gasteiger charge is 2.19. The second-order valence-corrected chi connectivity index (χ2v) is 7.57. The minimum atomic E-state index is 0.0436. The molecule has 2 N–H and O–H groups in total. The first-order valence-electron chi connectivity index (χ1n) is 9.71. The van der Waals surface area contributed by atoms with Gasteiger partial charge in [-0.25, -0.2) is 0 Å². The number of carbonyl (C=O) groups is 1. The van der Waals surface area contributed by atoms with E-state index in [0.717, 1.165) is 57.8 Å². The van der Waals surface area contributed by atoms with E-state index in [0.29, 0.717) is 12.0 Å². The molecule has 2 fully saturated rings. The van der Waals surface area contributed by atoms with E-state index >= 15 is 0 Å². The number of nitrogens with one attached hydrogen (secondary N) is 2. The Morgan fingerprint density at radius 2 is 1.92 bits per heavy atom. The van der Waals surface area contributed by atoms with E-state index in [2.05, 4.69) is 46.4 Å². The maximum Gasteiger partial charge on any atom is 0.251 e. The van der Waals surface area contributed by atoms with Crippen molar-refractivity contribution in [2.24, 2.45) is 5.92 Å². The molecule has 1 unspecified atom stereocenters. The molecule has 2 aliphatic rings. The van der Waals surface area contributed by atoms with Crippen LogP contribution in [0.3, 0.4) is 0 Å². The topological polar surface area (TPSA) is 47.6 Å². The van der Waals surface area contributed by atoms with Crippen LogP contribution in [0.5, 0.6) is 0 Å². The molecule has 2 aliphatic heterocycles. The number of hydrogen-bond acceptors (Lipinski definition) is 4. The first-order valence-corrected chi connectivity index (χ1v) is 9.71. The van der Waals surface area contributed by atoms with Crippen molar-refractivity contribution in [3.8, 4) is 0 Å². The summed E-state index contributed by atoms with van der Waals surface area (Å²) >= 11 is 0. The van der Waals surface area contributed by atoms with Crippen molar-refractivity contribution in [1.82, 2.24) is 15.5 Å². The van der Waals surface area contributed by atoms with Crippen LogP contribution in [0.1, 0.15) is 37.0 Å². The van der Waals surface area contributed by atoms with Gasteiger partial charge in [-0.15, -0.1) is 0 Å². The van der Waals surface area contributed by atoms with E-state index in [1.165, 1.54) is 12.1 Å². The Hall–Kier alpha value is -1.59. The van der Waals surface area contributed by atoms with Crippen LogP contribution in [0.4, 0.5) is 5.69 Å². The number of hydrogen-bond donors (Lipinski definition) is 2. The van der Waals surface area contributed by atoms with Crippen LogP contribution in [0.15, 0.2) is 24.3 Å². The Labute approximate surface area is 151 Å². The van der Waals surface area contributed by atoms with Gasteiger partial charge < -0.3 is 15.5 Å². The Morgan fingerprint density at radius 1 is 1.20 bits per heavy atom. The lowest BCUT2D eigenvalue weighted by atomic mass is 10.1. The highest BCUT2D eigenvalue weighted by molar-refractivity contribution is 5.94. The fraction of sp³-hybridized carbons (Fsp3) is 0.650. The van der Waals surface area contributed by atoms with Gasteiger partial charge in [-0.05, 0) is 70.0 Å². The van der Waals surface area contributed by atoms with Gasteiger partial charge in [-0.2, -0.15) is 0 Å². The van der Waals surface area contributed by atoms with Crippen molar-refractivity contribution < 1.29 is 4.79 Å². The molecule has 138 valence electrons. The minimum Gasteiger partial charge on any atom is -0.369 e. The minimum absolute atomic E-state index is 0.0436. The molecule has 5 heteroatoms. The summed E-state index contributed by atoms with van der Waals surface area (Å²) in [7, 11) is 0. The predicted molar refractivity (Wildman–Crippen MR) is 103 cm³/mol. The third-order valence-corrected chi connectivity index (χ3v) is 5.54. The summed E-state index contributed by atoms with van der Waals surface area (Å²) in [6, 6.07) is 8.70. The largest absolute Gasteiger partial charge is 0.369 e. The highest BCUT2D eigenvalue weighted by atomic mass is 16.1. The number of anilines is 1. The van der Waals surface area contributed by atoms with E-state index in [4.69, 9.17) is 0 Å². The van der Waals surface area contributed by atoms with Crippen molar-refractivity contribution in [1.29, 1.82) is 0 Å². The number of rotatable bonds is 6. The van der Waals surface area contributed by atoms with Crippen LogP contribution >= 0.6 is 0 Å². The van der Waals surface area contributed by atoms with Gasteiger partial charge >= 0.3 is 0 Å². The zero-order valence-corrected chi connectivity index (χ0v) is 15.6. The maximum absolute atomic E-state index is 12.3. The summed E-state index contributed by atoms with van der Waals surface area (Å²) in [4.78, 5) is 17.2. The second kappa shape index (κ2) is 8.68. The van der Waals surface area contributed by atoms with Crippen LogP contribution in [-0.2, 0) is 0 Å². The van der Waals surface area contributed by atoms with Crippen molar-refractivity contribution in [2.75, 3.05) is 50.7 Å². The third-order valence-electron chi connectivity index (χ3n) is 5.54. The van der Waals surface area contributed by atoms with Crippen LogP contribution in [-0.4, -0.2) is 62.7 Å². The molecule has 2 heterocycles. The van der Waals surface area contributed by atoms with Crippen LogP contribution in [0, 0.1) is 5.92 Å². The Bertz CT molecular complexity index is 543. The number of carbonyl (C=O) groups excluding carboxylic acids is 1. The maximum atomic E-state index is 12.3. The summed E-state index contributed by atoms with van der Waals surface area (Å²) in [6.45, 7) is 11.8. The zero-order chi connectivity index (χ0) is 17.6. The standard InChI is InChI=1S/C20H32N4O/c1-16(2)23-11-13-24(14-12-23)19-5-3-18(4-6-19)20(25)22-10-8-17-7-9-21-15-17/h3-6,16-17,21H,7-15H2,1-2H3,(H,22,25). The molecule has 0 bridgehead atoms. The number of benzene rings is 1. The molecular weight excluding hydrogens is 312 g/mol. The van der Waals surface area contributed by atoms with Crippen LogP contribution in [0.25, 0.3) is 0 Å². The molecule has 1 aromatic carbocycles. The molecule has 0 spiro atoms. The summed E-state index contributed by atoms with van der Waals surface area (Å²) in [5.41, 5.74) is 1.98. The third kappa shape index (κ3) is 4.95. The van der Waals surface area contributed by atoms with E-state index in [-0.39, 0.29) is 5.91 Å². The van der Waals surface area contributed by atoms with Crippen LogP contribution in [0.2, 0.25) is 0 Å². The highest BCUT2D eigenvalue weighted by Crippen LogP contribution is 2.18. The van der Waals surface area contributed by atoms with Gasteiger partial charge in [0.1, 0.15) is 0 Å². The average Bonchev–Trinajstić information content (AvgIpc) is 3.15. The van der Waals surface area contributed by atoms with Gasteiger partial charge in [0.2, 0.25) is 0 Å². The normalized spacial score (nSPS) is 21.7. The molecule has 0 saturated carbocycles. The Kier molecular flexibility index (Phi) is 6.32. The molecule has 0 aliphatic carbocycles. The molecule has 1 amide bonds. The van der Waals surface area contributed by atoms with E-state index in [9.17, 15) is 4.79 Å². The van der Waals surface area contributed by atoms with Gasteiger partial charge in [0, 0.05) is 50.0 Å². The van der Waals surface area contributed by atoms with E-state index in [1.807, 2.05) is 12.1 Å². The lowest BCUT2D eigenvalue weighted by Gasteiger charge is -2.38. The summed E-state index contributed by atoms with van der Waals surface area (Å²) in [5, 5.41) is 6.42. The average molecular weight is 345 g/mol.